The van der Waals surface area contributed by atoms with Gasteiger partial charge < -0.3 is 14.7 Å². The van der Waals surface area contributed by atoms with Gasteiger partial charge in [-0.1, -0.05) is 19.8 Å². The molecule has 2 fully saturated rings. The average molecular weight is 255 g/mol. The van der Waals surface area contributed by atoms with E-state index in [9.17, 15) is 0 Å². The van der Waals surface area contributed by atoms with Gasteiger partial charge in [0, 0.05) is 13.2 Å². The van der Waals surface area contributed by atoms with Crippen molar-refractivity contribution in [3.8, 4) is 0 Å². The zero-order valence-electron chi connectivity index (χ0n) is 11.8. The first-order valence-electron chi connectivity index (χ1n) is 7.74. The summed E-state index contributed by atoms with van der Waals surface area (Å²) in [6, 6.07) is 0. The molecule has 18 heavy (non-hydrogen) atoms. The molecule has 0 aromatic rings. The summed E-state index contributed by atoms with van der Waals surface area (Å²) in [5, 5.41) is 9.11. The van der Waals surface area contributed by atoms with Gasteiger partial charge in [0.2, 0.25) is 0 Å². The summed E-state index contributed by atoms with van der Waals surface area (Å²) < 4.78 is 6.06. The number of aliphatic hydroxyl groups excluding tert-OH is 1. The van der Waals surface area contributed by atoms with Crippen LogP contribution >= 0.6 is 0 Å². The van der Waals surface area contributed by atoms with Gasteiger partial charge in [-0.05, 0) is 50.6 Å². The first kappa shape index (κ1) is 14.3. The maximum Gasteiger partial charge on any atom is 0.0601 e. The molecule has 0 spiro atoms. The molecular weight excluding hydrogens is 226 g/mol. The number of ether oxygens (including phenoxy) is 1. The predicted molar refractivity (Wildman–Crippen MR) is 73.6 cm³/mol. The van der Waals surface area contributed by atoms with E-state index in [-0.39, 0.29) is 0 Å². The fourth-order valence-corrected chi connectivity index (χ4v) is 3.26. The van der Waals surface area contributed by atoms with Gasteiger partial charge in [-0.3, -0.25) is 0 Å². The standard InChI is InChI=1S/C15H29NO2/c1-13-4-2-3-5-15(13)18-11-10-16-8-6-14(12-17)7-9-16/h13-15,17H,2-12H2,1H3/t13-,15+/m1/s1. The number of piperidine rings is 1. The molecule has 0 bridgehead atoms. The number of aliphatic hydroxyl groups is 1. The minimum atomic E-state index is 0.365. The molecule has 2 aliphatic rings. The smallest absolute Gasteiger partial charge is 0.0601 e. The lowest BCUT2D eigenvalue weighted by atomic mass is 9.88. The van der Waals surface area contributed by atoms with Crippen LogP contribution in [-0.2, 0) is 4.74 Å². The molecule has 0 amide bonds. The van der Waals surface area contributed by atoms with Gasteiger partial charge in [0.15, 0.2) is 0 Å². The Balaban J connectivity index is 1.58. The quantitative estimate of drug-likeness (QED) is 0.818. The van der Waals surface area contributed by atoms with Crippen LogP contribution < -0.4 is 0 Å². The van der Waals surface area contributed by atoms with E-state index in [2.05, 4.69) is 11.8 Å². The van der Waals surface area contributed by atoms with Crippen molar-refractivity contribution in [3.63, 3.8) is 0 Å². The van der Waals surface area contributed by atoms with E-state index < -0.39 is 0 Å². The first-order valence-corrected chi connectivity index (χ1v) is 7.74. The van der Waals surface area contributed by atoms with E-state index in [1.807, 2.05) is 0 Å². The average Bonchev–Trinajstić information content (AvgIpc) is 2.42. The van der Waals surface area contributed by atoms with Crippen LogP contribution in [-0.4, -0.2) is 49.0 Å². The summed E-state index contributed by atoms with van der Waals surface area (Å²) in [5.74, 6) is 1.29. The van der Waals surface area contributed by atoms with Crippen molar-refractivity contribution in [2.75, 3.05) is 32.8 Å². The Morgan fingerprint density at radius 2 is 1.83 bits per heavy atom. The fraction of sp³-hybridized carbons (Fsp3) is 1.00. The monoisotopic (exact) mass is 255 g/mol. The molecule has 3 heteroatoms. The van der Waals surface area contributed by atoms with E-state index in [0.29, 0.717) is 18.6 Å². The molecule has 3 nitrogen and oxygen atoms in total. The van der Waals surface area contributed by atoms with Gasteiger partial charge in [-0.25, -0.2) is 0 Å². The van der Waals surface area contributed by atoms with Crippen LogP contribution in [0.5, 0.6) is 0 Å². The molecule has 0 unspecified atom stereocenters. The Hall–Kier alpha value is -0.120. The SMILES string of the molecule is C[C@@H]1CCCC[C@@H]1OCCN1CCC(CO)CC1. The highest BCUT2D eigenvalue weighted by molar-refractivity contribution is 4.74. The molecule has 1 heterocycles. The van der Waals surface area contributed by atoms with E-state index >= 15 is 0 Å². The van der Waals surface area contributed by atoms with Gasteiger partial charge in [0.25, 0.3) is 0 Å². The van der Waals surface area contributed by atoms with Crippen LogP contribution in [0.15, 0.2) is 0 Å². The number of nitrogens with zero attached hydrogens (tertiary/aromatic N) is 1. The maximum absolute atomic E-state index is 9.11. The van der Waals surface area contributed by atoms with Crippen molar-refractivity contribution in [2.45, 2.75) is 51.6 Å². The van der Waals surface area contributed by atoms with Crippen molar-refractivity contribution in [3.05, 3.63) is 0 Å². The highest BCUT2D eigenvalue weighted by Crippen LogP contribution is 2.26. The fourth-order valence-electron chi connectivity index (χ4n) is 3.26. The van der Waals surface area contributed by atoms with Crippen molar-refractivity contribution in [1.29, 1.82) is 0 Å². The Morgan fingerprint density at radius 3 is 2.50 bits per heavy atom. The van der Waals surface area contributed by atoms with E-state index in [4.69, 9.17) is 9.84 Å². The van der Waals surface area contributed by atoms with Gasteiger partial charge in [-0.2, -0.15) is 0 Å². The predicted octanol–water partition coefficient (Wildman–Crippen LogP) is 2.29. The molecule has 1 N–H and O–H groups in total. The molecule has 2 atom stereocenters. The van der Waals surface area contributed by atoms with Crippen LogP contribution in [0.1, 0.15) is 45.4 Å². The molecule has 106 valence electrons. The third-order valence-corrected chi connectivity index (χ3v) is 4.74. The maximum atomic E-state index is 9.11. The van der Waals surface area contributed by atoms with Crippen LogP contribution in [0.2, 0.25) is 0 Å². The molecule has 1 saturated heterocycles. The molecular formula is C15H29NO2. The summed E-state index contributed by atoms with van der Waals surface area (Å²) >= 11 is 0. The molecule has 1 saturated carbocycles. The Labute approximate surface area is 112 Å². The lowest BCUT2D eigenvalue weighted by Crippen LogP contribution is -2.38. The molecule has 1 aliphatic carbocycles. The van der Waals surface area contributed by atoms with Gasteiger partial charge in [0.05, 0.1) is 12.7 Å². The summed E-state index contributed by atoms with van der Waals surface area (Å²) in [6.45, 7) is 6.92. The van der Waals surface area contributed by atoms with Crippen molar-refractivity contribution in [1.82, 2.24) is 4.90 Å². The Kier molecular flexibility index (Phi) is 5.93. The number of rotatable bonds is 5. The number of hydrogen-bond acceptors (Lipinski definition) is 3. The van der Waals surface area contributed by atoms with Crippen LogP contribution in [0.3, 0.4) is 0 Å². The van der Waals surface area contributed by atoms with Gasteiger partial charge in [-0.15, -0.1) is 0 Å². The van der Waals surface area contributed by atoms with E-state index in [1.54, 1.807) is 0 Å². The van der Waals surface area contributed by atoms with E-state index in [1.165, 1.54) is 25.7 Å². The highest BCUT2D eigenvalue weighted by atomic mass is 16.5. The lowest BCUT2D eigenvalue weighted by molar-refractivity contribution is -0.0173. The molecule has 0 aromatic carbocycles. The van der Waals surface area contributed by atoms with Crippen molar-refractivity contribution >= 4 is 0 Å². The topological polar surface area (TPSA) is 32.7 Å². The van der Waals surface area contributed by atoms with Crippen molar-refractivity contribution in [2.24, 2.45) is 11.8 Å². The lowest BCUT2D eigenvalue weighted by Gasteiger charge is -2.33. The van der Waals surface area contributed by atoms with E-state index in [0.717, 1.165) is 45.0 Å². The highest BCUT2D eigenvalue weighted by Gasteiger charge is 2.22. The second kappa shape index (κ2) is 7.46. The molecule has 0 radical (unpaired) electrons. The second-order valence-electron chi connectivity index (χ2n) is 6.14. The number of likely N-dealkylation sites (tertiary alicyclic amines) is 1. The zero-order valence-corrected chi connectivity index (χ0v) is 11.8. The number of hydrogen-bond donors (Lipinski definition) is 1. The Bertz CT molecular complexity index is 227. The minimum absolute atomic E-state index is 0.365. The summed E-state index contributed by atoms with van der Waals surface area (Å²) in [4.78, 5) is 2.49. The van der Waals surface area contributed by atoms with Crippen LogP contribution in [0.4, 0.5) is 0 Å². The normalized spacial score (nSPS) is 31.7. The molecule has 1 aliphatic heterocycles. The summed E-state index contributed by atoms with van der Waals surface area (Å²) in [6.07, 6.45) is 8.13. The van der Waals surface area contributed by atoms with Gasteiger partial charge >= 0.3 is 0 Å². The van der Waals surface area contributed by atoms with Crippen LogP contribution in [0.25, 0.3) is 0 Å². The summed E-state index contributed by atoms with van der Waals surface area (Å²) in [7, 11) is 0. The third kappa shape index (κ3) is 4.22. The van der Waals surface area contributed by atoms with Gasteiger partial charge in [0.1, 0.15) is 0 Å². The largest absolute Gasteiger partial charge is 0.396 e. The van der Waals surface area contributed by atoms with Crippen LogP contribution in [0, 0.1) is 11.8 Å². The Morgan fingerprint density at radius 1 is 1.11 bits per heavy atom. The first-order chi connectivity index (χ1) is 8.79. The third-order valence-electron chi connectivity index (χ3n) is 4.74. The van der Waals surface area contributed by atoms with Crippen molar-refractivity contribution < 1.29 is 9.84 Å². The molecule has 2 rings (SSSR count). The zero-order chi connectivity index (χ0) is 12.8. The molecule has 0 aromatic heterocycles. The second-order valence-corrected chi connectivity index (χ2v) is 6.14. The minimum Gasteiger partial charge on any atom is -0.396 e. The summed E-state index contributed by atoms with van der Waals surface area (Å²) in [5.41, 5.74) is 0.